The number of non-ortho nitro benzene ring substituents is 1. The van der Waals surface area contributed by atoms with Crippen LogP contribution in [0.3, 0.4) is 0 Å². The van der Waals surface area contributed by atoms with Crippen molar-refractivity contribution in [2.75, 3.05) is 72.0 Å². The first-order valence-corrected chi connectivity index (χ1v) is 20.7. The minimum Gasteiger partial charge on any atom is -0.378 e. The molecule has 6 rings (SSSR count). The van der Waals surface area contributed by atoms with Crippen LogP contribution in [0.25, 0.3) is 11.1 Å². The van der Waals surface area contributed by atoms with Crippen molar-refractivity contribution in [1.82, 2.24) is 25.1 Å². The highest BCUT2D eigenvalue weighted by Crippen LogP contribution is 2.36. The summed E-state index contributed by atoms with van der Waals surface area (Å²) in [6.45, 7) is 4.54. The van der Waals surface area contributed by atoms with E-state index in [0.29, 0.717) is 43.1 Å². The van der Waals surface area contributed by atoms with Gasteiger partial charge in [0, 0.05) is 60.7 Å². The Labute approximate surface area is 367 Å². The molecule has 0 saturated carbocycles. The summed E-state index contributed by atoms with van der Waals surface area (Å²) in [6, 6.07) is 38.7. The van der Waals surface area contributed by atoms with Gasteiger partial charge in [0.1, 0.15) is 0 Å². The molecule has 1 aliphatic rings. The highest BCUT2D eigenvalue weighted by molar-refractivity contribution is 7.80. The standard InChI is InChI=1S/C46H49N7O6S2/c1-49(32-34-12-5-3-6-13-34)22-26-58-28-24-51(45(60)47-37-16-11-17-38(31-37)53(56)57)52(25-29-59-27-23-50(2)33-35-14-7-4-8-15-35)46(61)48-44(55)36-20-21-40-39-18-9-10-19-41(39)43(54)42(40)30-36/h3-21,30-31H,22-29,32-33H2,1-2H3,(H,47,60)(H,48,55,61). The van der Waals surface area contributed by atoms with Gasteiger partial charge in [-0.1, -0.05) is 97.1 Å². The number of likely N-dealkylation sites (N-methyl/N-ethyl adjacent to an activating group) is 2. The first kappa shape index (κ1) is 44.6. The summed E-state index contributed by atoms with van der Waals surface area (Å²) in [4.78, 5) is 42.6. The molecule has 2 N–H and O–H groups in total. The molecule has 61 heavy (non-hydrogen) atoms. The number of amides is 1. The van der Waals surface area contributed by atoms with Gasteiger partial charge < -0.3 is 14.8 Å². The third kappa shape index (κ3) is 12.5. The molecule has 0 radical (unpaired) electrons. The molecular weight excluding hydrogens is 811 g/mol. The quantitative estimate of drug-likeness (QED) is 0.0374. The highest BCUT2D eigenvalue weighted by atomic mass is 32.1. The van der Waals surface area contributed by atoms with Gasteiger partial charge in [0.15, 0.2) is 16.0 Å². The molecule has 5 aromatic rings. The molecular formula is C46H49N7O6S2. The van der Waals surface area contributed by atoms with E-state index in [0.717, 1.165) is 24.2 Å². The number of nitrogens with one attached hydrogen (secondary N) is 2. The zero-order valence-corrected chi connectivity index (χ0v) is 35.8. The minimum atomic E-state index is -0.514. The molecule has 0 unspecified atom stereocenters. The molecule has 0 spiro atoms. The lowest BCUT2D eigenvalue weighted by Gasteiger charge is -2.38. The number of hydrazine groups is 1. The van der Waals surface area contributed by atoms with Crippen molar-refractivity contribution in [3.63, 3.8) is 0 Å². The highest BCUT2D eigenvalue weighted by Gasteiger charge is 2.28. The van der Waals surface area contributed by atoms with Gasteiger partial charge in [0.25, 0.3) is 11.6 Å². The van der Waals surface area contributed by atoms with Crippen molar-refractivity contribution in [1.29, 1.82) is 0 Å². The first-order valence-electron chi connectivity index (χ1n) is 19.9. The normalized spacial score (nSPS) is 11.6. The number of benzene rings is 5. The Morgan fingerprint density at radius 1 is 0.623 bits per heavy atom. The zero-order valence-electron chi connectivity index (χ0n) is 34.2. The number of ketones is 1. The molecule has 0 aromatic heterocycles. The van der Waals surface area contributed by atoms with Crippen LogP contribution < -0.4 is 10.6 Å². The SMILES string of the molecule is CN(CCOCCN(C(=S)NC(=O)c1ccc2c(c1)C(=O)c1ccccc1-2)N(CCOCCN(C)Cc1ccccc1)C(=S)Nc1cccc([N+](=O)[O-])c1)Cc1ccccc1. The van der Waals surface area contributed by atoms with E-state index in [4.69, 9.17) is 33.9 Å². The van der Waals surface area contributed by atoms with E-state index in [-0.39, 0.29) is 53.6 Å². The maximum atomic E-state index is 13.9. The summed E-state index contributed by atoms with van der Waals surface area (Å²) < 4.78 is 12.2. The van der Waals surface area contributed by atoms with Crippen LogP contribution in [0, 0.1) is 10.1 Å². The summed E-state index contributed by atoms with van der Waals surface area (Å²) in [6.07, 6.45) is 0. The van der Waals surface area contributed by atoms with Gasteiger partial charge in [0.05, 0.1) is 44.4 Å². The van der Waals surface area contributed by atoms with E-state index in [9.17, 15) is 19.7 Å². The summed E-state index contributed by atoms with van der Waals surface area (Å²) in [5.74, 6) is -0.661. The predicted molar refractivity (Wildman–Crippen MR) is 245 cm³/mol. The molecule has 316 valence electrons. The molecule has 0 atom stereocenters. The number of rotatable bonds is 19. The third-order valence-corrected chi connectivity index (χ3v) is 10.6. The number of nitrogens with zero attached hydrogens (tertiary/aromatic N) is 5. The van der Waals surface area contributed by atoms with E-state index >= 15 is 0 Å². The van der Waals surface area contributed by atoms with Crippen molar-refractivity contribution in [3.05, 3.63) is 165 Å². The summed E-state index contributed by atoms with van der Waals surface area (Å²) in [7, 11) is 4.05. The number of carbonyl (C=O) groups excluding carboxylic acids is 2. The lowest BCUT2D eigenvalue weighted by Crippen LogP contribution is -2.57. The topological polar surface area (TPSA) is 133 Å². The third-order valence-electron chi connectivity index (χ3n) is 10.00. The second-order valence-electron chi connectivity index (χ2n) is 14.5. The second-order valence-corrected chi connectivity index (χ2v) is 15.3. The number of ether oxygens (including phenoxy) is 2. The van der Waals surface area contributed by atoms with Crippen LogP contribution in [0.1, 0.15) is 37.4 Å². The molecule has 1 amide bonds. The Morgan fingerprint density at radius 3 is 1.74 bits per heavy atom. The Kier molecular flexibility index (Phi) is 16.1. The predicted octanol–water partition coefficient (Wildman–Crippen LogP) is 7.03. The molecule has 15 heteroatoms. The van der Waals surface area contributed by atoms with Crippen molar-refractivity contribution in [2.45, 2.75) is 13.1 Å². The number of hydrogen-bond acceptors (Lipinski definition) is 10. The maximum absolute atomic E-state index is 13.9. The zero-order chi connectivity index (χ0) is 43.1. The van der Waals surface area contributed by atoms with E-state index in [1.807, 2.05) is 68.7 Å². The van der Waals surface area contributed by atoms with Crippen molar-refractivity contribution in [2.24, 2.45) is 0 Å². The van der Waals surface area contributed by atoms with Crippen molar-refractivity contribution in [3.8, 4) is 11.1 Å². The monoisotopic (exact) mass is 859 g/mol. The number of nitro groups is 1. The fourth-order valence-electron chi connectivity index (χ4n) is 6.85. The minimum absolute atomic E-state index is 0.0238. The van der Waals surface area contributed by atoms with Gasteiger partial charge >= 0.3 is 0 Å². The van der Waals surface area contributed by atoms with Gasteiger partial charge in [-0.3, -0.25) is 44.8 Å². The van der Waals surface area contributed by atoms with Crippen LogP contribution in [-0.4, -0.2) is 113 Å². The fraction of sp³-hybridized carbons (Fsp3) is 0.261. The average molecular weight is 860 g/mol. The van der Waals surface area contributed by atoms with E-state index < -0.39 is 10.8 Å². The Balaban J connectivity index is 1.17. The van der Waals surface area contributed by atoms with Crippen LogP contribution in [0.4, 0.5) is 11.4 Å². The lowest BCUT2D eigenvalue weighted by molar-refractivity contribution is -0.384. The molecule has 0 heterocycles. The van der Waals surface area contributed by atoms with Gasteiger partial charge in [0.2, 0.25) is 0 Å². The number of carbonyl (C=O) groups is 2. The van der Waals surface area contributed by atoms with Crippen LogP contribution in [-0.2, 0) is 22.6 Å². The summed E-state index contributed by atoms with van der Waals surface area (Å²) in [5.41, 5.74) is 5.56. The van der Waals surface area contributed by atoms with Crippen molar-refractivity contribution < 1.29 is 24.0 Å². The molecule has 5 aromatic carbocycles. The number of anilines is 1. The van der Waals surface area contributed by atoms with Crippen LogP contribution >= 0.6 is 24.4 Å². The number of nitro benzene ring substituents is 1. The first-order chi connectivity index (χ1) is 29.6. The van der Waals surface area contributed by atoms with E-state index in [1.165, 1.54) is 23.3 Å². The number of hydrogen-bond donors (Lipinski definition) is 2. The summed E-state index contributed by atoms with van der Waals surface area (Å²) in [5, 5.41) is 21.0. The van der Waals surface area contributed by atoms with Crippen LogP contribution in [0.5, 0.6) is 0 Å². The van der Waals surface area contributed by atoms with Gasteiger partial charge in [-0.05, 0) is 79.0 Å². The van der Waals surface area contributed by atoms with E-state index in [1.54, 1.807) is 46.4 Å². The van der Waals surface area contributed by atoms with Gasteiger partial charge in [-0.2, -0.15) is 0 Å². The molecule has 0 aliphatic heterocycles. The lowest BCUT2D eigenvalue weighted by atomic mass is 10.0. The molecule has 0 bridgehead atoms. The Bertz CT molecular complexity index is 2320. The summed E-state index contributed by atoms with van der Waals surface area (Å²) >= 11 is 11.9. The second kappa shape index (κ2) is 22.1. The smallest absolute Gasteiger partial charge is 0.271 e. The van der Waals surface area contributed by atoms with Crippen LogP contribution in [0.15, 0.2) is 127 Å². The Morgan fingerprint density at radius 2 is 1.15 bits per heavy atom. The molecule has 0 saturated heterocycles. The van der Waals surface area contributed by atoms with E-state index in [2.05, 4.69) is 44.7 Å². The Hall–Kier alpha value is -5.94. The molecule has 13 nitrogen and oxygen atoms in total. The number of thiocarbonyl (C=S) groups is 2. The van der Waals surface area contributed by atoms with Gasteiger partial charge in [-0.15, -0.1) is 0 Å². The molecule has 1 aliphatic carbocycles. The fourth-order valence-corrected chi connectivity index (χ4v) is 7.44. The average Bonchev–Trinajstić information content (AvgIpc) is 3.54. The number of fused-ring (bicyclic) bond motifs is 3. The molecule has 0 fully saturated rings. The van der Waals surface area contributed by atoms with Crippen LogP contribution in [0.2, 0.25) is 0 Å². The van der Waals surface area contributed by atoms with Crippen molar-refractivity contribution >= 4 is 57.7 Å². The largest absolute Gasteiger partial charge is 0.378 e. The van der Waals surface area contributed by atoms with Gasteiger partial charge in [-0.25, -0.2) is 0 Å². The maximum Gasteiger partial charge on any atom is 0.271 e.